The highest BCUT2D eigenvalue weighted by molar-refractivity contribution is 5.92. The summed E-state index contributed by atoms with van der Waals surface area (Å²) in [6.45, 7) is 2.44. The van der Waals surface area contributed by atoms with Gasteiger partial charge in [-0.15, -0.1) is 0 Å². The van der Waals surface area contributed by atoms with Crippen molar-refractivity contribution in [1.29, 1.82) is 0 Å². The van der Waals surface area contributed by atoms with Crippen molar-refractivity contribution in [3.05, 3.63) is 29.8 Å². The first-order valence-electron chi connectivity index (χ1n) is 9.99. The van der Waals surface area contributed by atoms with Crippen LogP contribution in [0.2, 0.25) is 0 Å². The van der Waals surface area contributed by atoms with Crippen molar-refractivity contribution in [2.24, 2.45) is 0 Å². The van der Waals surface area contributed by atoms with Crippen LogP contribution in [0.15, 0.2) is 24.3 Å². The zero-order valence-corrected chi connectivity index (χ0v) is 16.7. The minimum atomic E-state index is -2.04. The number of hydrogen-bond acceptors (Lipinski definition) is 6. The number of anilines is 1. The molecule has 1 saturated carbocycles. The van der Waals surface area contributed by atoms with Gasteiger partial charge in [0.05, 0.1) is 12.1 Å². The fourth-order valence-corrected chi connectivity index (χ4v) is 3.80. The molecule has 2 aliphatic rings. The normalized spacial score (nSPS) is 31.4. The Morgan fingerprint density at radius 1 is 1.13 bits per heavy atom. The average Bonchev–Trinajstić information content (AvgIpc) is 2.69. The van der Waals surface area contributed by atoms with Crippen LogP contribution in [-0.2, 0) is 9.59 Å². The lowest BCUT2D eigenvalue weighted by Gasteiger charge is -2.42. The number of carbonyl (C=O) groups is 3. The molecule has 5 unspecified atom stereocenters. The molecule has 1 aromatic rings. The molecule has 164 valence electrons. The first kappa shape index (κ1) is 22.0. The van der Waals surface area contributed by atoms with Gasteiger partial charge in [0, 0.05) is 25.1 Å². The van der Waals surface area contributed by atoms with E-state index in [1.807, 2.05) is 19.1 Å². The maximum Gasteiger partial charge on any atom is 0.319 e. The molecule has 0 aromatic heterocycles. The molecule has 1 saturated heterocycles. The van der Waals surface area contributed by atoms with E-state index in [4.69, 9.17) is 0 Å². The minimum absolute atomic E-state index is 0.313. The summed E-state index contributed by atoms with van der Waals surface area (Å²) in [6.07, 6.45) is -2.38. The Bertz CT molecular complexity index is 801. The Morgan fingerprint density at radius 2 is 1.83 bits per heavy atom. The summed E-state index contributed by atoms with van der Waals surface area (Å²) in [4.78, 5) is 36.9. The maximum absolute atomic E-state index is 12.7. The van der Waals surface area contributed by atoms with Crippen LogP contribution in [0.5, 0.6) is 0 Å². The fraction of sp³-hybridized carbons (Fsp3) is 0.550. The SMILES string of the molecule is Cc1ccc(NC(=O)NC2CC(O)(C(=O)NC3CCCNC3=O)CC(O)C2O)cc1. The molecule has 5 atom stereocenters. The number of piperidine rings is 1. The van der Waals surface area contributed by atoms with Crippen molar-refractivity contribution in [3.63, 3.8) is 0 Å². The van der Waals surface area contributed by atoms with Gasteiger partial charge in [-0.3, -0.25) is 9.59 Å². The predicted molar refractivity (Wildman–Crippen MR) is 107 cm³/mol. The van der Waals surface area contributed by atoms with Crippen LogP contribution in [0.4, 0.5) is 10.5 Å². The van der Waals surface area contributed by atoms with Crippen molar-refractivity contribution < 1.29 is 29.7 Å². The second-order valence-corrected chi connectivity index (χ2v) is 8.03. The molecule has 0 spiro atoms. The Labute approximate surface area is 174 Å². The van der Waals surface area contributed by atoms with E-state index in [1.54, 1.807) is 12.1 Å². The smallest absolute Gasteiger partial charge is 0.319 e. The monoisotopic (exact) mass is 420 g/mol. The molecule has 4 amide bonds. The van der Waals surface area contributed by atoms with Gasteiger partial charge in [-0.05, 0) is 31.9 Å². The largest absolute Gasteiger partial charge is 0.390 e. The molecule has 1 aromatic carbocycles. The zero-order chi connectivity index (χ0) is 21.9. The highest BCUT2D eigenvalue weighted by atomic mass is 16.3. The third-order valence-electron chi connectivity index (χ3n) is 5.55. The highest BCUT2D eigenvalue weighted by Crippen LogP contribution is 2.30. The van der Waals surface area contributed by atoms with Gasteiger partial charge in [-0.25, -0.2) is 4.79 Å². The van der Waals surface area contributed by atoms with Crippen LogP contribution in [-0.4, -0.2) is 69.6 Å². The van der Waals surface area contributed by atoms with E-state index in [0.29, 0.717) is 25.1 Å². The van der Waals surface area contributed by atoms with Gasteiger partial charge in [0.2, 0.25) is 5.91 Å². The summed E-state index contributed by atoms with van der Waals surface area (Å²) >= 11 is 0. The number of aliphatic hydroxyl groups excluding tert-OH is 2. The van der Waals surface area contributed by atoms with Gasteiger partial charge in [0.1, 0.15) is 17.7 Å². The summed E-state index contributed by atoms with van der Waals surface area (Å²) in [5.41, 5.74) is -0.493. The number of hydrogen-bond donors (Lipinski definition) is 7. The zero-order valence-electron chi connectivity index (χ0n) is 16.7. The molecular weight excluding hydrogens is 392 g/mol. The lowest BCUT2D eigenvalue weighted by atomic mass is 9.77. The standard InChI is InChI=1S/C20H28N4O6/c1-11-4-6-12(7-5-11)22-19(29)24-14-9-20(30,10-15(25)16(14)26)18(28)23-13-3-2-8-21-17(13)27/h4-7,13-16,25-26,30H,2-3,8-10H2,1H3,(H,21,27)(H,23,28)(H2,22,24,29). The second-order valence-electron chi connectivity index (χ2n) is 8.03. The molecule has 10 heteroatoms. The Hall–Kier alpha value is -2.69. The maximum atomic E-state index is 12.7. The molecule has 1 aliphatic carbocycles. The molecule has 2 fully saturated rings. The summed E-state index contributed by atoms with van der Waals surface area (Å²) in [5, 5.41) is 41.6. The van der Waals surface area contributed by atoms with Crippen molar-refractivity contribution >= 4 is 23.5 Å². The Balaban J connectivity index is 1.64. The third-order valence-corrected chi connectivity index (χ3v) is 5.55. The molecule has 1 heterocycles. The third kappa shape index (κ3) is 5.07. The first-order valence-corrected chi connectivity index (χ1v) is 9.99. The molecule has 0 bridgehead atoms. The van der Waals surface area contributed by atoms with Gasteiger partial charge in [-0.1, -0.05) is 17.7 Å². The highest BCUT2D eigenvalue weighted by Gasteiger charge is 2.49. The molecular formula is C20H28N4O6. The van der Waals surface area contributed by atoms with Crippen molar-refractivity contribution in [1.82, 2.24) is 16.0 Å². The lowest BCUT2D eigenvalue weighted by molar-refractivity contribution is -0.159. The second kappa shape index (κ2) is 8.99. The molecule has 30 heavy (non-hydrogen) atoms. The van der Waals surface area contributed by atoms with E-state index < -0.39 is 48.3 Å². The molecule has 7 N–H and O–H groups in total. The van der Waals surface area contributed by atoms with E-state index in [-0.39, 0.29) is 12.3 Å². The van der Waals surface area contributed by atoms with Crippen molar-refractivity contribution in [2.75, 3.05) is 11.9 Å². The predicted octanol–water partition coefficient (Wildman–Crippen LogP) is -0.873. The quantitative estimate of drug-likeness (QED) is 0.335. The van der Waals surface area contributed by atoms with Gasteiger partial charge < -0.3 is 36.6 Å². The molecule has 10 nitrogen and oxygen atoms in total. The number of aryl methyl sites for hydroxylation is 1. The minimum Gasteiger partial charge on any atom is -0.390 e. The van der Waals surface area contributed by atoms with Crippen LogP contribution in [0.1, 0.15) is 31.2 Å². The first-order chi connectivity index (χ1) is 14.2. The van der Waals surface area contributed by atoms with Gasteiger partial charge in [0.25, 0.3) is 5.91 Å². The Morgan fingerprint density at radius 3 is 2.50 bits per heavy atom. The molecule has 1 aliphatic heterocycles. The van der Waals surface area contributed by atoms with Crippen LogP contribution >= 0.6 is 0 Å². The van der Waals surface area contributed by atoms with Crippen molar-refractivity contribution in [2.45, 2.75) is 62.5 Å². The van der Waals surface area contributed by atoms with Crippen molar-refractivity contribution in [3.8, 4) is 0 Å². The van der Waals surface area contributed by atoms with Gasteiger partial charge in [-0.2, -0.15) is 0 Å². The van der Waals surface area contributed by atoms with Crippen LogP contribution < -0.4 is 21.3 Å². The topological polar surface area (TPSA) is 160 Å². The number of carbonyl (C=O) groups excluding carboxylic acids is 3. The summed E-state index contributed by atoms with van der Waals surface area (Å²) in [6, 6.07) is 4.57. The van der Waals surface area contributed by atoms with Gasteiger partial charge >= 0.3 is 6.03 Å². The number of amides is 4. The van der Waals surface area contributed by atoms with E-state index in [0.717, 1.165) is 5.56 Å². The fourth-order valence-electron chi connectivity index (χ4n) is 3.80. The summed E-state index contributed by atoms with van der Waals surface area (Å²) in [7, 11) is 0. The number of benzene rings is 1. The average molecular weight is 420 g/mol. The molecule has 0 radical (unpaired) electrons. The number of nitrogens with one attached hydrogen (secondary N) is 4. The van der Waals surface area contributed by atoms with E-state index in [1.165, 1.54) is 0 Å². The van der Waals surface area contributed by atoms with E-state index in [9.17, 15) is 29.7 Å². The number of urea groups is 1. The van der Waals surface area contributed by atoms with Crippen LogP contribution in [0.3, 0.4) is 0 Å². The number of aliphatic hydroxyl groups is 3. The Kier molecular flexibility index (Phi) is 6.59. The summed E-state index contributed by atoms with van der Waals surface area (Å²) < 4.78 is 0. The van der Waals surface area contributed by atoms with Crippen LogP contribution in [0, 0.1) is 6.92 Å². The lowest BCUT2D eigenvalue weighted by Crippen LogP contribution is -2.65. The number of rotatable bonds is 4. The summed E-state index contributed by atoms with van der Waals surface area (Å²) in [5.74, 6) is -1.15. The van der Waals surface area contributed by atoms with E-state index in [2.05, 4.69) is 21.3 Å². The molecule has 3 rings (SSSR count). The van der Waals surface area contributed by atoms with E-state index >= 15 is 0 Å². The van der Waals surface area contributed by atoms with Gasteiger partial charge in [0.15, 0.2) is 0 Å². The van der Waals surface area contributed by atoms with Crippen LogP contribution in [0.25, 0.3) is 0 Å².